The minimum Gasteiger partial charge on any atom is -0.344 e. The lowest BCUT2D eigenvalue weighted by Gasteiger charge is -2.28. The van der Waals surface area contributed by atoms with Gasteiger partial charge in [0.05, 0.1) is 0 Å². The van der Waals surface area contributed by atoms with Crippen LogP contribution in [0.5, 0.6) is 0 Å². The topological polar surface area (TPSA) is 49.4 Å². The van der Waals surface area contributed by atoms with Gasteiger partial charge in [-0.3, -0.25) is 9.59 Å². The number of amides is 2. The van der Waals surface area contributed by atoms with Crippen molar-refractivity contribution in [1.82, 2.24) is 10.2 Å². The molecule has 1 N–H and O–H groups in total. The number of hydrogen-bond acceptors (Lipinski definition) is 2. The lowest BCUT2D eigenvalue weighted by molar-refractivity contribution is -0.134. The Bertz CT molecular complexity index is 370. The molecule has 108 valence electrons. The molecular weight excluding hydrogens is 240 g/mol. The van der Waals surface area contributed by atoms with E-state index in [9.17, 15) is 9.59 Å². The van der Waals surface area contributed by atoms with Gasteiger partial charge >= 0.3 is 0 Å². The molecule has 1 heterocycles. The van der Waals surface area contributed by atoms with E-state index in [0.29, 0.717) is 25.3 Å². The molecule has 0 radical (unpaired) electrons. The van der Waals surface area contributed by atoms with E-state index in [-0.39, 0.29) is 23.9 Å². The minimum atomic E-state index is -0.372. The molecule has 1 rings (SSSR count). The third-order valence-corrected chi connectivity index (χ3v) is 3.33. The molecule has 2 unspecified atom stereocenters. The number of hydrogen-bond donors (Lipinski definition) is 1. The summed E-state index contributed by atoms with van der Waals surface area (Å²) in [4.78, 5) is 26.2. The Balaban J connectivity index is 2.89. The molecule has 2 amide bonds. The van der Waals surface area contributed by atoms with Crippen LogP contribution in [0.3, 0.4) is 0 Å². The van der Waals surface area contributed by atoms with Gasteiger partial charge in [0.2, 0.25) is 11.8 Å². The summed E-state index contributed by atoms with van der Waals surface area (Å²) in [6.07, 6.45) is 3.12. The van der Waals surface area contributed by atoms with Crippen LogP contribution >= 0.6 is 0 Å². The number of allylic oxidation sites excluding steroid dienone is 1. The predicted octanol–water partition coefficient (Wildman–Crippen LogP) is 2.10. The van der Waals surface area contributed by atoms with Crippen molar-refractivity contribution in [2.24, 2.45) is 5.92 Å². The maximum absolute atomic E-state index is 12.5. The summed E-state index contributed by atoms with van der Waals surface area (Å²) in [5.74, 6) is 0.406. The molecule has 1 aliphatic rings. The van der Waals surface area contributed by atoms with Crippen LogP contribution in [0.15, 0.2) is 11.6 Å². The molecule has 0 aromatic heterocycles. The molecule has 19 heavy (non-hydrogen) atoms. The SMILES string of the molecule is CC(C)=CCN1C(=O)C(CC(C)C)NC(=O)CC1C. The Morgan fingerprint density at radius 3 is 2.58 bits per heavy atom. The normalized spacial score (nSPS) is 24.2. The van der Waals surface area contributed by atoms with Gasteiger partial charge < -0.3 is 10.2 Å². The van der Waals surface area contributed by atoms with Gasteiger partial charge in [-0.1, -0.05) is 25.5 Å². The maximum Gasteiger partial charge on any atom is 0.245 e. The third kappa shape index (κ3) is 4.69. The summed E-state index contributed by atoms with van der Waals surface area (Å²) in [6.45, 7) is 10.7. The second-order valence-corrected chi connectivity index (χ2v) is 6.07. The number of nitrogens with one attached hydrogen (secondary N) is 1. The van der Waals surface area contributed by atoms with Crippen LogP contribution in [-0.4, -0.2) is 35.3 Å². The lowest BCUT2D eigenvalue weighted by Crippen LogP contribution is -2.47. The van der Waals surface area contributed by atoms with Gasteiger partial charge in [0.1, 0.15) is 6.04 Å². The lowest BCUT2D eigenvalue weighted by atomic mass is 10.0. The molecule has 0 aliphatic carbocycles. The average molecular weight is 266 g/mol. The zero-order valence-electron chi connectivity index (χ0n) is 12.7. The molecule has 2 atom stereocenters. The van der Waals surface area contributed by atoms with Gasteiger partial charge in [-0.05, 0) is 33.1 Å². The molecule has 4 heteroatoms. The average Bonchev–Trinajstić information content (AvgIpc) is 2.34. The van der Waals surface area contributed by atoms with Gasteiger partial charge in [-0.2, -0.15) is 0 Å². The summed E-state index contributed by atoms with van der Waals surface area (Å²) in [5, 5.41) is 2.86. The van der Waals surface area contributed by atoms with E-state index in [1.54, 1.807) is 0 Å². The van der Waals surface area contributed by atoms with Gasteiger partial charge in [-0.25, -0.2) is 0 Å². The minimum absolute atomic E-state index is 0.0220. The highest BCUT2D eigenvalue weighted by Crippen LogP contribution is 2.16. The first-order valence-corrected chi connectivity index (χ1v) is 7.04. The Hall–Kier alpha value is -1.32. The number of rotatable bonds is 4. The summed E-state index contributed by atoms with van der Waals surface area (Å²) >= 11 is 0. The number of carbonyl (C=O) groups excluding carboxylic acids is 2. The van der Waals surface area contributed by atoms with Gasteiger partial charge in [-0.15, -0.1) is 0 Å². The Kier molecular flexibility index (Phi) is 5.58. The van der Waals surface area contributed by atoms with Crippen molar-refractivity contribution < 1.29 is 9.59 Å². The van der Waals surface area contributed by atoms with Crippen molar-refractivity contribution >= 4 is 11.8 Å². The van der Waals surface area contributed by atoms with Gasteiger partial charge in [0, 0.05) is 19.0 Å². The van der Waals surface area contributed by atoms with Gasteiger partial charge in [0.15, 0.2) is 0 Å². The van der Waals surface area contributed by atoms with E-state index in [1.807, 2.05) is 31.7 Å². The Morgan fingerprint density at radius 1 is 1.42 bits per heavy atom. The van der Waals surface area contributed by atoms with Crippen LogP contribution in [0, 0.1) is 5.92 Å². The van der Waals surface area contributed by atoms with Crippen molar-refractivity contribution in [3.05, 3.63) is 11.6 Å². The zero-order valence-corrected chi connectivity index (χ0v) is 12.7. The fourth-order valence-corrected chi connectivity index (χ4v) is 2.29. The highest BCUT2D eigenvalue weighted by Gasteiger charge is 2.33. The fraction of sp³-hybridized carbons (Fsp3) is 0.733. The number of nitrogens with zero attached hydrogens (tertiary/aromatic N) is 1. The van der Waals surface area contributed by atoms with Crippen LogP contribution in [0.1, 0.15) is 47.5 Å². The van der Waals surface area contributed by atoms with Crippen LogP contribution < -0.4 is 5.32 Å². The number of carbonyl (C=O) groups is 2. The van der Waals surface area contributed by atoms with Crippen molar-refractivity contribution in [2.45, 2.75) is 59.5 Å². The molecule has 1 fully saturated rings. The highest BCUT2D eigenvalue weighted by molar-refractivity contribution is 5.90. The van der Waals surface area contributed by atoms with E-state index in [0.717, 1.165) is 0 Å². The van der Waals surface area contributed by atoms with Crippen LogP contribution in [0.4, 0.5) is 0 Å². The zero-order chi connectivity index (χ0) is 14.6. The molecule has 4 nitrogen and oxygen atoms in total. The second-order valence-electron chi connectivity index (χ2n) is 6.07. The van der Waals surface area contributed by atoms with E-state index in [4.69, 9.17) is 0 Å². The molecule has 0 bridgehead atoms. The Morgan fingerprint density at radius 2 is 2.05 bits per heavy atom. The highest BCUT2D eigenvalue weighted by atomic mass is 16.2. The van der Waals surface area contributed by atoms with Crippen LogP contribution in [0.2, 0.25) is 0 Å². The largest absolute Gasteiger partial charge is 0.344 e. The smallest absolute Gasteiger partial charge is 0.245 e. The summed E-state index contributed by atoms with van der Waals surface area (Å²) in [6, 6.07) is -0.414. The molecule has 0 saturated carbocycles. The molecule has 0 spiro atoms. The standard InChI is InChI=1S/C15H26N2O2/c1-10(2)6-7-17-12(5)9-14(18)16-13(15(17)19)8-11(3)4/h6,11-13H,7-9H2,1-5H3,(H,16,18). The predicted molar refractivity (Wildman–Crippen MR) is 76.6 cm³/mol. The van der Waals surface area contributed by atoms with Crippen molar-refractivity contribution in [3.8, 4) is 0 Å². The van der Waals surface area contributed by atoms with Crippen molar-refractivity contribution in [3.63, 3.8) is 0 Å². The summed E-state index contributed by atoms with van der Waals surface area (Å²) in [7, 11) is 0. The first-order chi connectivity index (χ1) is 8.81. The van der Waals surface area contributed by atoms with E-state index in [1.165, 1.54) is 5.57 Å². The molecule has 1 aliphatic heterocycles. The van der Waals surface area contributed by atoms with E-state index < -0.39 is 0 Å². The molecule has 1 saturated heterocycles. The van der Waals surface area contributed by atoms with Crippen LogP contribution in [0.25, 0.3) is 0 Å². The summed E-state index contributed by atoms with van der Waals surface area (Å²) < 4.78 is 0. The third-order valence-electron chi connectivity index (χ3n) is 3.33. The summed E-state index contributed by atoms with van der Waals surface area (Å²) in [5.41, 5.74) is 1.18. The van der Waals surface area contributed by atoms with E-state index in [2.05, 4.69) is 19.2 Å². The monoisotopic (exact) mass is 266 g/mol. The Labute approximate surface area is 116 Å². The maximum atomic E-state index is 12.5. The van der Waals surface area contributed by atoms with Crippen molar-refractivity contribution in [1.29, 1.82) is 0 Å². The van der Waals surface area contributed by atoms with Crippen molar-refractivity contribution in [2.75, 3.05) is 6.54 Å². The molecule has 0 aromatic carbocycles. The quantitative estimate of drug-likeness (QED) is 0.792. The molecule has 0 aromatic rings. The fourth-order valence-electron chi connectivity index (χ4n) is 2.29. The van der Waals surface area contributed by atoms with Crippen LogP contribution in [-0.2, 0) is 9.59 Å². The second kappa shape index (κ2) is 6.73. The van der Waals surface area contributed by atoms with Gasteiger partial charge in [0.25, 0.3) is 0 Å². The first-order valence-electron chi connectivity index (χ1n) is 7.04. The molecular formula is C15H26N2O2. The van der Waals surface area contributed by atoms with E-state index >= 15 is 0 Å². The first kappa shape index (κ1) is 15.7.